The molecule has 2 aromatic carbocycles. The van der Waals surface area contributed by atoms with E-state index in [-0.39, 0.29) is 10.6 Å². The molecular weight excluding hydrogens is 394 g/mol. The Balaban J connectivity index is 1.29. The highest BCUT2D eigenvalue weighted by Crippen LogP contribution is 2.22. The maximum Gasteiger partial charge on any atom is 0.269 e. The van der Waals surface area contributed by atoms with Gasteiger partial charge in [0.25, 0.3) is 5.69 Å². The fourth-order valence-electron chi connectivity index (χ4n) is 3.21. The molecule has 0 saturated carbocycles. The number of para-hydroxylation sites is 1. The molecule has 0 unspecified atom stereocenters. The molecule has 3 aromatic rings. The summed E-state index contributed by atoms with van der Waals surface area (Å²) in [4.78, 5) is 19.4. The summed E-state index contributed by atoms with van der Waals surface area (Å²) in [5, 5.41) is 15.9. The Kier molecular flexibility index (Phi) is 5.36. The molecule has 0 aliphatic carbocycles. The molecule has 1 saturated heterocycles. The zero-order valence-electron chi connectivity index (χ0n) is 15.1. The molecule has 2 heterocycles. The summed E-state index contributed by atoms with van der Waals surface area (Å²) >= 11 is 7.23. The largest absolute Gasteiger partial charge is 0.368 e. The number of aromatic nitrogens is 1. The van der Waals surface area contributed by atoms with Crippen LogP contribution < -0.4 is 10.2 Å². The SMILES string of the molecule is O=[N+]([O-])c1ccc(N2CCN(C(=S)NCc3nc4ccccc4s3)CC2)cc1. The molecule has 4 rings (SSSR count). The Hall–Kier alpha value is -2.78. The van der Waals surface area contributed by atoms with Gasteiger partial charge in [-0.3, -0.25) is 10.1 Å². The number of rotatable bonds is 4. The van der Waals surface area contributed by atoms with Crippen molar-refractivity contribution in [1.82, 2.24) is 15.2 Å². The van der Waals surface area contributed by atoms with Gasteiger partial charge in [0.05, 0.1) is 21.7 Å². The van der Waals surface area contributed by atoms with E-state index in [0.717, 1.165) is 47.5 Å². The van der Waals surface area contributed by atoms with Gasteiger partial charge < -0.3 is 15.1 Å². The fraction of sp³-hybridized carbons (Fsp3) is 0.263. The van der Waals surface area contributed by atoms with Crippen molar-refractivity contribution >= 4 is 50.3 Å². The van der Waals surface area contributed by atoms with Crippen LogP contribution in [0.3, 0.4) is 0 Å². The second-order valence-corrected chi connectivity index (χ2v) is 7.98. The number of nitrogens with zero attached hydrogens (tertiary/aromatic N) is 4. The zero-order valence-corrected chi connectivity index (χ0v) is 16.7. The summed E-state index contributed by atoms with van der Waals surface area (Å²) in [5.41, 5.74) is 2.13. The van der Waals surface area contributed by atoms with Crippen LogP contribution in [-0.4, -0.2) is 46.1 Å². The lowest BCUT2D eigenvalue weighted by molar-refractivity contribution is -0.384. The predicted molar refractivity (Wildman–Crippen MR) is 116 cm³/mol. The van der Waals surface area contributed by atoms with Crippen LogP contribution in [0.15, 0.2) is 48.5 Å². The summed E-state index contributed by atoms with van der Waals surface area (Å²) in [7, 11) is 0. The van der Waals surface area contributed by atoms with Crippen molar-refractivity contribution in [2.45, 2.75) is 6.54 Å². The number of nitrogens with one attached hydrogen (secondary N) is 1. The van der Waals surface area contributed by atoms with Crippen molar-refractivity contribution in [3.05, 3.63) is 63.7 Å². The van der Waals surface area contributed by atoms with E-state index in [9.17, 15) is 10.1 Å². The maximum absolute atomic E-state index is 10.8. The Morgan fingerprint density at radius 1 is 1.14 bits per heavy atom. The highest BCUT2D eigenvalue weighted by Gasteiger charge is 2.20. The van der Waals surface area contributed by atoms with Crippen LogP contribution in [0, 0.1) is 10.1 Å². The minimum absolute atomic E-state index is 0.114. The lowest BCUT2D eigenvalue weighted by Crippen LogP contribution is -2.51. The molecule has 1 N–H and O–H groups in total. The summed E-state index contributed by atoms with van der Waals surface area (Å²) < 4.78 is 1.18. The molecule has 0 bridgehead atoms. The molecule has 144 valence electrons. The third-order valence-corrected chi connectivity index (χ3v) is 6.16. The van der Waals surface area contributed by atoms with Gasteiger partial charge in [0.2, 0.25) is 0 Å². The van der Waals surface area contributed by atoms with Crippen LogP contribution in [0.1, 0.15) is 5.01 Å². The average Bonchev–Trinajstić information content (AvgIpc) is 3.15. The van der Waals surface area contributed by atoms with Gasteiger partial charge >= 0.3 is 0 Å². The molecule has 0 radical (unpaired) electrons. The number of hydrogen-bond acceptors (Lipinski definition) is 6. The Bertz CT molecular complexity index is 964. The van der Waals surface area contributed by atoms with Crippen LogP contribution in [0.5, 0.6) is 0 Å². The van der Waals surface area contributed by atoms with Crippen LogP contribution in [-0.2, 0) is 6.54 Å². The van der Waals surface area contributed by atoms with E-state index in [1.54, 1.807) is 35.6 Å². The van der Waals surface area contributed by atoms with Gasteiger partial charge in [0, 0.05) is 44.0 Å². The molecule has 0 amide bonds. The molecule has 1 aromatic heterocycles. The molecule has 0 atom stereocenters. The summed E-state index contributed by atoms with van der Waals surface area (Å²) in [6.07, 6.45) is 0. The second kappa shape index (κ2) is 8.07. The minimum atomic E-state index is -0.378. The number of nitro benzene ring substituents is 1. The number of nitro groups is 1. The Morgan fingerprint density at radius 2 is 1.86 bits per heavy atom. The number of thiazole rings is 1. The molecule has 1 aliphatic heterocycles. The number of non-ortho nitro benzene ring substituents is 1. The zero-order chi connectivity index (χ0) is 19.5. The maximum atomic E-state index is 10.8. The molecule has 7 nitrogen and oxygen atoms in total. The van der Waals surface area contributed by atoms with Crippen LogP contribution in [0.25, 0.3) is 10.2 Å². The summed E-state index contributed by atoms with van der Waals surface area (Å²) in [5.74, 6) is 0. The molecule has 1 fully saturated rings. The van der Waals surface area contributed by atoms with Gasteiger partial charge in [-0.1, -0.05) is 12.1 Å². The lowest BCUT2D eigenvalue weighted by Gasteiger charge is -2.37. The molecule has 0 spiro atoms. The van der Waals surface area contributed by atoms with Gasteiger partial charge in [-0.25, -0.2) is 4.98 Å². The summed E-state index contributed by atoms with van der Waals surface area (Å²) in [6, 6.07) is 14.8. The third kappa shape index (κ3) is 4.05. The van der Waals surface area contributed by atoms with Gasteiger partial charge in [0.15, 0.2) is 5.11 Å². The van der Waals surface area contributed by atoms with Crippen molar-refractivity contribution in [3.8, 4) is 0 Å². The number of piperazine rings is 1. The van der Waals surface area contributed by atoms with Gasteiger partial charge in [-0.05, 0) is 36.5 Å². The molecule has 1 aliphatic rings. The number of benzene rings is 2. The quantitative estimate of drug-likeness (QED) is 0.399. The first-order chi connectivity index (χ1) is 13.6. The van der Waals surface area contributed by atoms with E-state index in [4.69, 9.17) is 12.2 Å². The van der Waals surface area contributed by atoms with E-state index >= 15 is 0 Å². The van der Waals surface area contributed by atoms with E-state index in [1.165, 1.54) is 4.70 Å². The van der Waals surface area contributed by atoms with Crippen molar-refractivity contribution < 1.29 is 4.92 Å². The van der Waals surface area contributed by atoms with Crippen LogP contribution >= 0.6 is 23.6 Å². The normalized spacial score (nSPS) is 14.3. The minimum Gasteiger partial charge on any atom is -0.368 e. The fourth-order valence-corrected chi connectivity index (χ4v) is 4.37. The third-order valence-electron chi connectivity index (χ3n) is 4.72. The number of anilines is 1. The number of fused-ring (bicyclic) bond motifs is 1. The first-order valence-electron chi connectivity index (χ1n) is 8.97. The number of hydrogen-bond donors (Lipinski definition) is 1. The van der Waals surface area contributed by atoms with Crippen molar-refractivity contribution in [1.29, 1.82) is 0 Å². The van der Waals surface area contributed by atoms with Gasteiger partial charge in [-0.15, -0.1) is 11.3 Å². The van der Waals surface area contributed by atoms with Crippen molar-refractivity contribution in [2.75, 3.05) is 31.1 Å². The van der Waals surface area contributed by atoms with Gasteiger partial charge in [-0.2, -0.15) is 0 Å². The molecule has 28 heavy (non-hydrogen) atoms. The van der Waals surface area contributed by atoms with Gasteiger partial charge in [0.1, 0.15) is 5.01 Å². The van der Waals surface area contributed by atoms with E-state index in [2.05, 4.69) is 26.2 Å². The second-order valence-electron chi connectivity index (χ2n) is 6.48. The first-order valence-corrected chi connectivity index (χ1v) is 10.2. The highest BCUT2D eigenvalue weighted by molar-refractivity contribution is 7.80. The lowest BCUT2D eigenvalue weighted by atomic mass is 10.2. The highest BCUT2D eigenvalue weighted by atomic mass is 32.1. The standard InChI is InChI=1S/C19H19N5O2S2/c25-24(26)15-7-5-14(6-8-15)22-9-11-23(12-10-22)19(27)20-13-18-21-16-3-1-2-4-17(16)28-18/h1-8H,9-13H2,(H,20,27). The van der Waals surface area contributed by atoms with Crippen molar-refractivity contribution in [3.63, 3.8) is 0 Å². The first kappa shape index (κ1) is 18.6. The summed E-state index contributed by atoms with van der Waals surface area (Å²) in [6.45, 7) is 3.88. The van der Waals surface area contributed by atoms with Crippen LogP contribution in [0.2, 0.25) is 0 Å². The monoisotopic (exact) mass is 413 g/mol. The average molecular weight is 414 g/mol. The van der Waals surface area contributed by atoms with Crippen LogP contribution in [0.4, 0.5) is 11.4 Å². The smallest absolute Gasteiger partial charge is 0.269 e. The van der Waals surface area contributed by atoms with E-state index < -0.39 is 0 Å². The molecular formula is C19H19N5O2S2. The van der Waals surface area contributed by atoms with E-state index in [0.29, 0.717) is 6.54 Å². The Morgan fingerprint density at radius 3 is 2.54 bits per heavy atom. The predicted octanol–water partition coefficient (Wildman–Crippen LogP) is 3.40. The van der Waals surface area contributed by atoms with E-state index in [1.807, 2.05) is 18.2 Å². The number of thiocarbonyl (C=S) groups is 1. The molecule has 9 heteroatoms. The Labute approximate surface area is 171 Å². The van der Waals surface area contributed by atoms with Crippen molar-refractivity contribution in [2.24, 2.45) is 0 Å². The topological polar surface area (TPSA) is 74.5 Å².